The molecule has 3 aromatic carbocycles. The summed E-state index contributed by atoms with van der Waals surface area (Å²) in [5, 5.41) is 0. The average Bonchev–Trinajstić information content (AvgIpc) is 3.25. The zero-order chi connectivity index (χ0) is 45.6. The van der Waals surface area contributed by atoms with E-state index in [1.807, 2.05) is 0 Å². The summed E-state index contributed by atoms with van der Waals surface area (Å²) in [6.07, 6.45) is 9.42. The van der Waals surface area contributed by atoms with Crippen LogP contribution < -0.4 is 34.1 Å². The first kappa shape index (κ1) is 46.1. The maximum absolute atomic E-state index is 14.0. The van der Waals surface area contributed by atoms with Crippen molar-refractivity contribution in [3.05, 3.63) is 134 Å². The second-order valence-electron chi connectivity index (χ2n) is 14.5. The van der Waals surface area contributed by atoms with Crippen LogP contribution in [-0.2, 0) is 38.8 Å². The summed E-state index contributed by atoms with van der Waals surface area (Å²) in [4.78, 5) is 141. The molecule has 0 atom stereocenters. The van der Waals surface area contributed by atoms with Crippen molar-refractivity contribution < 1.29 is 19.2 Å². The highest BCUT2D eigenvalue weighted by molar-refractivity contribution is 5.60. The van der Waals surface area contributed by atoms with Crippen LogP contribution in [0.25, 0.3) is 17.1 Å². The van der Waals surface area contributed by atoms with Gasteiger partial charge in [0, 0.05) is 19.6 Å². The van der Waals surface area contributed by atoms with E-state index in [1.54, 1.807) is 39.0 Å². The van der Waals surface area contributed by atoms with Crippen LogP contribution in [0.4, 0.5) is 17.1 Å². The van der Waals surface area contributed by atoms with E-state index in [0.717, 1.165) is 27.4 Å². The molecule has 5 rings (SSSR count). The number of hydrogen-bond donors (Lipinski definition) is 0. The van der Waals surface area contributed by atoms with E-state index in [2.05, 4.69) is 20.0 Å². The minimum atomic E-state index is -1.03. The molecule has 0 radical (unpaired) electrons. The maximum Gasteiger partial charge on any atom is 0.345 e. The lowest BCUT2D eigenvalue weighted by Gasteiger charge is -2.16. The first-order chi connectivity index (χ1) is 30.4. The van der Waals surface area contributed by atoms with Crippen molar-refractivity contribution >= 4 is 41.4 Å². The summed E-state index contributed by atoms with van der Waals surface area (Å²) in [5.41, 5.74) is -3.24. The quantitative estimate of drug-likeness (QED) is 0.0625. The van der Waals surface area contributed by atoms with Crippen molar-refractivity contribution in [3.63, 3.8) is 0 Å². The third-order valence-electron chi connectivity index (χ3n) is 10.4. The first-order valence-electron chi connectivity index (χ1n) is 19.9. The van der Waals surface area contributed by atoms with Gasteiger partial charge in [0.15, 0.2) is 0 Å². The van der Waals surface area contributed by atoms with Crippen LogP contribution in [0, 0.1) is 20.8 Å². The van der Waals surface area contributed by atoms with Crippen molar-refractivity contribution in [3.8, 4) is 17.1 Å². The average molecular weight is 859 g/mol. The van der Waals surface area contributed by atoms with E-state index in [0.29, 0.717) is 61.8 Å². The van der Waals surface area contributed by atoms with Gasteiger partial charge in [0.1, 0.15) is 0 Å². The maximum atomic E-state index is 14.0. The van der Waals surface area contributed by atoms with E-state index in [9.17, 15) is 47.9 Å². The van der Waals surface area contributed by atoms with Gasteiger partial charge >= 0.3 is 34.1 Å². The molecular formula is C43H42N10O10. The normalized spacial score (nSPS) is 10.7. The Morgan fingerprint density at radius 3 is 1.05 bits per heavy atom. The van der Waals surface area contributed by atoms with Crippen molar-refractivity contribution in [2.75, 3.05) is 6.54 Å². The van der Waals surface area contributed by atoms with Gasteiger partial charge < -0.3 is 0 Å². The zero-order valence-corrected chi connectivity index (χ0v) is 34.7. The van der Waals surface area contributed by atoms with Gasteiger partial charge in [-0.3, -0.25) is 0 Å². The number of aromatic nitrogens is 6. The molecule has 0 saturated carbocycles. The van der Waals surface area contributed by atoms with Crippen molar-refractivity contribution in [2.24, 2.45) is 20.0 Å². The van der Waals surface area contributed by atoms with Crippen LogP contribution in [-0.4, -0.2) is 58.3 Å². The number of nitrogens with zero attached hydrogens (tertiary/aromatic N) is 10. The van der Waals surface area contributed by atoms with Crippen molar-refractivity contribution in [1.82, 2.24) is 27.4 Å². The molecule has 20 nitrogen and oxygen atoms in total. The molecule has 2 heterocycles. The molecule has 0 aliphatic heterocycles. The van der Waals surface area contributed by atoms with Gasteiger partial charge in [-0.2, -0.15) is 15.0 Å². The van der Waals surface area contributed by atoms with E-state index >= 15 is 0 Å². The number of aliphatic imine (C=N–C) groups is 4. The minimum absolute atomic E-state index is 0.00304. The van der Waals surface area contributed by atoms with E-state index in [4.69, 9.17) is 0 Å². The Labute approximate surface area is 356 Å². The number of hydrogen-bond acceptors (Lipinski definition) is 14. The Balaban J connectivity index is 1.44. The Morgan fingerprint density at radius 1 is 0.397 bits per heavy atom. The van der Waals surface area contributed by atoms with Gasteiger partial charge in [-0.1, -0.05) is 43.9 Å². The van der Waals surface area contributed by atoms with Gasteiger partial charge in [-0.05, 0) is 99.5 Å². The molecular weight excluding hydrogens is 817 g/mol. The van der Waals surface area contributed by atoms with Crippen LogP contribution >= 0.6 is 0 Å². The highest BCUT2D eigenvalue weighted by atomic mass is 16.2. The number of aryl methyl sites for hydroxylation is 3. The number of unbranched alkanes of at least 4 members (excludes halogenated alkanes) is 6. The molecule has 324 valence electrons. The number of carbonyl (C=O) groups excluding carboxylic acids is 4. The fourth-order valence-electron chi connectivity index (χ4n) is 6.93. The van der Waals surface area contributed by atoms with E-state index < -0.39 is 34.1 Å². The molecule has 0 spiro atoms. The summed E-state index contributed by atoms with van der Waals surface area (Å²) < 4.78 is 5.20. The lowest BCUT2D eigenvalue weighted by molar-refractivity contribution is 0.445. The molecule has 0 saturated heterocycles. The standard InChI is InChI=1S/C43H42N10O10/c1-29-12-15-32(22-35(29)45-26-55)51-39(59)48(19-9-5-4-8-18-44-25-54)38(58)49(40(51)60)20-10-6-7-11-21-50-41(61)52(33-16-13-30(2)36(23-33)46-27-56)43(63)53(42(50)62)34-17-14-31(3)37(24-34)47-28-57/h12-17,22-24H,4-11,18-21H2,1-3H3. The van der Waals surface area contributed by atoms with E-state index in [-0.39, 0.29) is 66.6 Å². The number of rotatable bonds is 20. The van der Waals surface area contributed by atoms with E-state index in [1.165, 1.54) is 60.7 Å². The van der Waals surface area contributed by atoms with Gasteiger partial charge in [0.25, 0.3) is 0 Å². The highest BCUT2D eigenvalue weighted by Gasteiger charge is 2.21. The van der Waals surface area contributed by atoms with Gasteiger partial charge in [0.05, 0.1) is 40.7 Å². The van der Waals surface area contributed by atoms with Crippen LogP contribution in [0.1, 0.15) is 68.1 Å². The summed E-state index contributed by atoms with van der Waals surface area (Å²) in [7, 11) is 0. The molecule has 2 aromatic heterocycles. The molecule has 20 heteroatoms. The lowest BCUT2D eigenvalue weighted by atomic mass is 10.1. The molecule has 63 heavy (non-hydrogen) atoms. The lowest BCUT2D eigenvalue weighted by Crippen LogP contribution is -2.54. The topological polar surface area (TPSA) is 250 Å². The zero-order valence-electron chi connectivity index (χ0n) is 34.7. The summed E-state index contributed by atoms with van der Waals surface area (Å²) in [5.74, 6) is 0. The molecule has 0 amide bonds. The number of benzene rings is 3. The second-order valence-corrected chi connectivity index (χ2v) is 14.5. The van der Waals surface area contributed by atoms with Crippen LogP contribution in [0.2, 0.25) is 0 Å². The Kier molecular flexibility index (Phi) is 15.7. The SMILES string of the molecule is Cc1ccc(-n2c(=O)n(CCCCCCN=C=O)c(=O)n(CCCCCCn3c(=O)n(-c4ccc(C)c(N=C=O)c4)c(=O)n(-c4ccc(C)c(N=C=O)c4)c3=O)c2=O)cc1N=C=O. The molecule has 0 bridgehead atoms. The van der Waals surface area contributed by atoms with Crippen molar-refractivity contribution in [2.45, 2.75) is 91.8 Å². The molecule has 0 N–H and O–H groups in total. The second kappa shape index (κ2) is 21.5. The Hall–Kier alpha value is -8.00. The third-order valence-corrected chi connectivity index (χ3v) is 10.4. The number of isocyanates is 4. The van der Waals surface area contributed by atoms with Crippen LogP contribution in [0.3, 0.4) is 0 Å². The fourth-order valence-corrected chi connectivity index (χ4v) is 6.93. The Bertz CT molecular complexity index is 3020. The van der Waals surface area contributed by atoms with Crippen molar-refractivity contribution in [1.29, 1.82) is 0 Å². The molecule has 5 aromatic rings. The minimum Gasteiger partial charge on any atom is -0.247 e. The largest absolute Gasteiger partial charge is 0.345 e. The van der Waals surface area contributed by atoms with Gasteiger partial charge in [-0.15, -0.1) is 0 Å². The predicted octanol–water partition coefficient (Wildman–Crippen LogP) is 3.61. The van der Waals surface area contributed by atoms with Gasteiger partial charge in [-0.25, -0.2) is 80.3 Å². The molecule has 0 fully saturated rings. The molecule has 0 aliphatic carbocycles. The predicted molar refractivity (Wildman–Crippen MR) is 230 cm³/mol. The van der Waals surface area contributed by atoms with Crippen LogP contribution in [0.5, 0.6) is 0 Å². The fraction of sp³-hybridized carbons (Fsp3) is 0.349. The molecule has 0 aliphatic rings. The first-order valence-corrected chi connectivity index (χ1v) is 19.9. The van der Waals surface area contributed by atoms with Crippen LogP contribution in [0.15, 0.2) is 103 Å². The monoisotopic (exact) mass is 858 g/mol. The summed E-state index contributed by atoms with van der Waals surface area (Å²) in [6, 6.07) is 13.1. The third kappa shape index (κ3) is 10.5. The summed E-state index contributed by atoms with van der Waals surface area (Å²) in [6.45, 7) is 5.06. The summed E-state index contributed by atoms with van der Waals surface area (Å²) >= 11 is 0. The molecule has 0 unspecified atom stereocenters. The highest BCUT2D eigenvalue weighted by Crippen LogP contribution is 2.23. The smallest absolute Gasteiger partial charge is 0.247 e. The van der Waals surface area contributed by atoms with Gasteiger partial charge in [0.2, 0.25) is 24.3 Å². The Morgan fingerprint density at radius 2 is 0.714 bits per heavy atom.